The van der Waals surface area contributed by atoms with Gasteiger partial charge < -0.3 is 10.2 Å². The highest BCUT2D eigenvalue weighted by Gasteiger charge is 2.31. The van der Waals surface area contributed by atoms with Gasteiger partial charge in [-0.3, -0.25) is 4.79 Å². The van der Waals surface area contributed by atoms with Crippen molar-refractivity contribution < 1.29 is 22.0 Å². The van der Waals surface area contributed by atoms with Crippen LogP contribution in [0, 0.1) is 17.6 Å². The zero-order valence-corrected chi connectivity index (χ0v) is 16.7. The Balaban J connectivity index is 1.98. The van der Waals surface area contributed by atoms with Gasteiger partial charge in [0.05, 0.1) is 11.8 Å². The third kappa shape index (κ3) is 5.24. The van der Waals surface area contributed by atoms with E-state index < -0.39 is 27.7 Å². The summed E-state index contributed by atoms with van der Waals surface area (Å²) < 4.78 is 53.4. The van der Waals surface area contributed by atoms with Crippen LogP contribution in [0.5, 0.6) is 0 Å². The summed E-state index contributed by atoms with van der Waals surface area (Å²) in [6.45, 7) is 2.29. The third-order valence-electron chi connectivity index (χ3n) is 5.01. The van der Waals surface area contributed by atoms with E-state index in [1.54, 1.807) is 25.9 Å². The van der Waals surface area contributed by atoms with Crippen LogP contribution in [-0.4, -0.2) is 63.0 Å². The molecule has 1 heterocycles. The molecule has 0 bridgehead atoms. The van der Waals surface area contributed by atoms with Crippen LogP contribution in [0.15, 0.2) is 18.2 Å². The first-order valence-corrected chi connectivity index (χ1v) is 10.6. The molecule has 0 aromatic heterocycles. The van der Waals surface area contributed by atoms with Crippen molar-refractivity contribution in [3.05, 3.63) is 35.4 Å². The van der Waals surface area contributed by atoms with E-state index in [0.717, 1.165) is 0 Å². The maximum absolute atomic E-state index is 14.1. The van der Waals surface area contributed by atoms with Crippen molar-refractivity contribution >= 4 is 15.9 Å². The summed E-state index contributed by atoms with van der Waals surface area (Å²) in [5, 5.41) is 2.77. The summed E-state index contributed by atoms with van der Waals surface area (Å²) in [4.78, 5) is 14.1. The number of hydrogen-bond acceptors (Lipinski definition) is 4. The van der Waals surface area contributed by atoms with Crippen LogP contribution >= 0.6 is 0 Å². The van der Waals surface area contributed by atoms with Crippen LogP contribution in [-0.2, 0) is 14.8 Å². The quantitative estimate of drug-likeness (QED) is 0.753. The number of nitrogens with zero attached hydrogens (tertiary/aromatic N) is 2. The molecule has 1 amide bonds. The SMILES string of the molecule is CCS(=O)(=O)N1CCC(C(=O)NCC(c2c(F)cccc2F)N(C)C)CC1. The maximum atomic E-state index is 14.1. The lowest BCUT2D eigenvalue weighted by atomic mass is 9.97. The zero-order chi connectivity index (χ0) is 20.2. The van der Waals surface area contributed by atoms with Crippen LogP contribution in [0.3, 0.4) is 0 Å². The number of benzene rings is 1. The first kappa shape index (κ1) is 21.7. The molecule has 2 rings (SSSR count). The van der Waals surface area contributed by atoms with Crippen molar-refractivity contribution in [1.29, 1.82) is 0 Å². The van der Waals surface area contributed by atoms with Crippen LogP contribution in [0.1, 0.15) is 31.4 Å². The topological polar surface area (TPSA) is 69.7 Å². The molecule has 0 spiro atoms. The zero-order valence-electron chi connectivity index (χ0n) is 15.9. The molecule has 27 heavy (non-hydrogen) atoms. The molecule has 1 aromatic carbocycles. The summed E-state index contributed by atoms with van der Waals surface area (Å²) in [5.74, 6) is -1.78. The van der Waals surface area contributed by atoms with Crippen LogP contribution in [0.4, 0.5) is 8.78 Å². The van der Waals surface area contributed by atoms with Crippen LogP contribution in [0.2, 0.25) is 0 Å². The second-order valence-electron chi connectivity index (χ2n) is 6.93. The number of carbonyl (C=O) groups is 1. The molecule has 1 aliphatic heterocycles. The fourth-order valence-corrected chi connectivity index (χ4v) is 4.42. The molecule has 9 heteroatoms. The lowest BCUT2D eigenvalue weighted by molar-refractivity contribution is -0.126. The number of amides is 1. The van der Waals surface area contributed by atoms with Crippen molar-refractivity contribution in [3.8, 4) is 0 Å². The Morgan fingerprint density at radius 3 is 2.30 bits per heavy atom. The minimum Gasteiger partial charge on any atom is -0.354 e. The molecule has 1 atom stereocenters. The van der Waals surface area contributed by atoms with Gasteiger partial charge in [-0.2, -0.15) is 0 Å². The van der Waals surface area contributed by atoms with E-state index in [1.807, 2.05) is 0 Å². The minimum absolute atomic E-state index is 0.0442. The number of piperidine rings is 1. The first-order valence-electron chi connectivity index (χ1n) is 9.03. The van der Waals surface area contributed by atoms with Gasteiger partial charge in [-0.25, -0.2) is 21.5 Å². The van der Waals surface area contributed by atoms with Crippen molar-refractivity contribution in [1.82, 2.24) is 14.5 Å². The lowest BCUT2D eigenvalue weighted by Gasteiger charge is -2.31. The largest absolute Gasteiger partial charge is 0.354 e. The number of halogens is 2. The van der Waals surface area contributed by atoms with Gasteiger partial charge in [-0.15, -0.1) is 0 Å². The number of likely N-dealkylation sites (N-methyl/N-ethyl adjacent to an activating group) is 1. The van der Waals surface area contributed by atoms with Gasteiger partial charge in [0.25, 0.3) is 0 Å². The summed E-state index contributed by atoms with van der Waals surface area (Å²) in [6.07, 6.45) is 0.873. The Bertz CT molecular complexity index is 743. The second kappa shape index (κ2) is 9.07. The van der Waals surface area contributed by atoms with E-state index in [4.69, 9.17) is 0 Å². The normalized spacial score (nSPS) is 17.9. The van der Waals surface area contributed by atoms with Gasteiger partial charge in [-0.05, 0) is 46.0 Å². The minimum atomic E-state index is -3.24. The van der Waals surface area contributed by atoms with Gasteiger partial charge in [-0.1, -0.05) is 6.07 Å². The molecular formula is C18H27F2N3O3S. The van der Waals surface area contributed by atoms with Gasteiger partial charge in [0.2, 0.25) is 15.9 Å². The fraction of sp³-hybridized carbons (Fsp3) is 0.611. The van der Waals surface area contributed by atoms with E-state index in [1.165, 1.54) is 22.5 Å². The summed E-state index contributed by atoms with van der Waals surface area (Å²) in [7, 11) is 0.141. The summed E-state index contributed by atoms with van der Waals surface area (Å²) in [5.41, 5.74) is -0.0772. The van der Waals surface area contributed by atoms with Crippen molar-refractivity contribution in [2.75, 3.05) is 39.5 Å². The standard InChI is InChI=1S/C18H27F2N3O3S/c1-4-27(25,26)23-10-8-13(9-11-23)18(24)21-12-16(22(2)3)17-14(19)6-5-7-15(17)20/h5-7,13,16H,4,8-12H2,1-3H3,(H,21,24). The first-order chi connectivity index (χ1) is 12.7. The van der Waals surface area contributed by atoms with E-state index in [2.05, 4.69) is 5.32 Å². The Morgan fingerprint density at radius 2 is 1.81 bits per heavy atom. The smallest absolute Gasteiger partial charge is 0.223 e. The number of rotatable bonds is 7. The number of nitrogens with one attached hydrogen (secondary N) is 1. The number of hydrogen-bond donors (Lipinski definition) is 1. The Morgan fingerprint density at radius 1 is 1.26 bits per heavy atom. The Labute approximate surface area is 159 Å². The molecule has 0 radical (unpaired) electrons. The van der Waals surface area contributed by atoms with Gasteiger partial charge >= 0.3 is 0 Å². The van der Waals surface area contributed by atoms with Crippen molar-refractivity contribution in [2.45, 2.75) is 25.8 Å². The van der Waals surface area contributed by atoms with E-state index in [0.29, 0.717) is 25.9 Å². The second-order valence-corrected chi connectivity index (χ2v) is 9.19. The predicted octanol–water partition coefficient (Wildman–Crippen LogP) is 1.75. The average molecular weight is 403 g/mol. The molecule has 1 aliphatic rings. The molecule has 1 saturated heterocycles. The lowest BCUT2D eigenvalue weighted by Crippen LogP contribution is -2.44. The van der Waals surface area contributed by atoms with E-state index in [9.17, 15) is 22.0 Å². The average Bonchev–Trinajstić information content (AvgIpc) is 2.63. The maximum Gasteiger partial charge on any atom is 0.223 e. The van der Waals surface area contributed by atoms with Crippen molar-refractivity contribution in [3.63, 3.8) is 0 Å². The molecular weight excluding hydrogens is 376 g/mol. The molecule has 6 nitrogen and oxygen atoms in total. The Kier molecular flexibility index (Phi) is 7.30. The monoisotopic (exact) mass is 403 g/mol. The molecule has 0 saturated carbocycles. The summed E-state index contributed by atoms with van der Waals surface area (Å²) >= 11 is 0. The fourth-order valence-electron chi connectivity index (χ4n) is 3.29. The highest BCUT2D eigenvalue weighted by molar-refractivity contribution is 7.89. The molecule has 1 aromatic rings. The Hall–Kier alpha value is -1.58. The molecule has 1 fully saturated rings. The van der Waals surface area contributed by atoms with Crippen LogP contribution < -0.4 is 5.32 Å². The van der Waals surface area contributed by atoms with Gasteiger partial charge in [0.15, 0.2) is 0 Å². The molecule has 0 aliphatic carbocycles. The molecule has 1 N–H and O–H groups in total. The number of sulfonamides is 1. The third-order valence-corrected chi connectivity index (χ3v) is 6.89. The summed E-state index contributed by atoms with van der Waals surface area (Å²) in [6, 6.07) is 3.05. The molecule has 152 valence electrons. The van der Waals surface area contributed by atoms with Gasteiger partial charge in [0, 0.05) is 31.1 Å². The number of carbonyl (C=O) groups excluding carboxylic acids is 1. The van der Waals surface area contributed by atoms with E-state index >= 15 is 0 Å². The highest BCUT2D eigenvalue weighted by Crippen LogP contribution is 2.25. The predicted molar refractivity (Wildman–Crippen MR) is 99.6 cm³/mol. The van der Waals surface area contributed by atoms with Crippen LogP contribution in [0.25, 0.3) is 0 Å². The van der Waals surface area contributed by atoms with E-state index in [-0.39, 0.29) is 29.7 Å². The van der Waals surface area contributed by atoms with Crippen molar-refractivity contribution in [2.24, 2.45) is 5.92 Å². The molecule has 1 unspecified atom stereocenters. The highest BCUT2D eigenvalue weighted by atomic mass is 32.2. The van der Waals surface area contributed by atoms with Gasteiger partial charge in [0.1, 0.15) is 11.6 Å².